The lowest BCUT2D eigenvalue weighted by Gasteiger charge is -2.48. The molecule has 0 unspecified atom stereocenters. The van der Waals surface area contributed by atoms with Crippen LogP contribution in [0.1, 0.15) is 31.5 Å². The minimum absolute atomic E-state index is 0.120. The highest BCUT2D eigenvalue weighted by molar-refractivity contribution is 7.89. The van der Waals surface area contributed by atoms with E-state index in [-0.39, 0.29) is 25.3 Å². The summed E-state index contributed by atoms with van der Waals surface area (Å²) < 4.78 is 27.8. The first-order valence-corrected chi connectivity index (χ1v) is 10.3. The number of nitrogens with zero attached hydrogens (tertiary/aromatic N) is 6. The third-order valence-electron chi connectivity index (χ3n) is 5.08. The Kier molecular flexibility index (Phi) is 4.99. The second kappa shape index (κ2) is 7.00. The fraction of sp³-hybridized carbons (Fsp3) is 0.444. The van der Waals surface area contributed by atoms with E-state index in [0.29, 0.717) is 11.3 Å². The topological polar surface area (TPSA) is 131 Å². The van der Waals surface area contributed by atoms with Gasteiger partial charge in [-0.3, -0.25) is 4.68 Å². The van der Waals surface area contributed by atoms with Crippen LogP contribution in [0, 0.1) is 18.3 Å². The predicted molar refractivity (Wildman–Crippen MR) is 106 cm³/mol. The molecule has 0 aliphatic carbocycles. The number of nitrogen functional groups attached to an aromatic ring is 1. The van der Waals surface area contributed by atoms with Crippen LogP contribution >= 0.6 is 0 Å². The van der Waals surface area contributed by atoms with E-state index in [9.17, 15) is 13.7 Å². The molecule has 0 bridgehead atoms. The summed E-state index contributed by atoms with van der Waals surface area (Å²) in [7, 11) is -3.39. The summed E-state index contributed by atoms with van der Waals surface area (Å²) in [6.45, 7) is 9.29. The van der Waals surface area contributed by atoms with E-state index in [2.05, 4.69) is 27.7 Å². The standard InChI is InChI=1S/C18H23N7O2S/c1-5-14-13(4)21-11-22-16(14)15-8-25(23-17(15)20)18(6-7-19)9-24(10-18)28(26,27)12(2)3/h5,8,11-12H,1,6,9-10H2,2-4H3,(H2,20,23). The maximum atomic E-state index is 12.4. The molecular weight excluding hydrogens is 378 g/mol. The number of aromatic nitrogens is 4. The first-order valence-electron chi connectivity index (χ1n) is 8.82. The molecule has 28 heavy (non-hydrogen) atoms. The quantitative estimate of drug-likeness (QED) is 0.776. The molecule has 1 aliphatic heterocycles. The van der Waals surface area contributed by atoms with Gasteiger partial charge in [-0.25, -0.2) is 18.4 Å². The molecule has 3 rings (SSSR count). The number of anilines is 1. The van der Waals surface area contributed by atoms with Crippen molar-refractivity contribution in [3.63, 3.8) is 0 Å². The first-order chi connectivity index (χ1) is 13.2. The Morgan fingerprint density at radius 1 is 1.43 bits per heavy atom. The molecule has 148 valence electrons. The van der Waals surface area contributed by atoms with Crippen LogP contribution in [0.3, 0.4) is 0 Å². The van der Waals surface area contributed by atoms with Crippen molar-refractivity contribution in [3.8, 4) is 17.3 Å². The Morgan fingerprint density at radius 3 is 2.68 bits per heavy atom. The van der Waals surface area contributed by atoms with Gasteiger partial charge in [0.25, 0.3) is 0 Å². The van der Waals surface area contributed by atoms with E-state index < -0.39 is 20.8 Å². The first kappa shape index (κ1) is 20.0. The van der Waals surface area contributed by atoms with Crippen LogP contribution in [0.2, 0.25) is 0 Å². The Hall–Kier alpha value is -2.77. The fourth-order valence-corrected chi connectivity index (χ4v) is 4.77. The molecule has 0 amide bonds. The molecule has 0 saturated carbocycles. The predicted octanol–water partition coefficient (Wildman–Crippen LogP) is 1.54. The fourth-order valence-electron chi connectivity index (χ4n) is 3.33. The highest BCUT2D eigenvalue weighted by Crippen LogP contribution is 2.38. The molecule has 2 aromatic heterocycles. The molecule has 9 nitrogen and oxygen atoms in total. The van der Waals surface area contributed by atoms with Crippen molar-refractivity contribution < 1.29 is 8.42 Å². The van der Waals surface area contributed by atoms with E-state index in [1.54, 1.807) is 30.8 Å². The Bertz CT molecular complexity index is 1060. The van der Waals surface area contributed by atoms with Crippen molar-refractivity contribution in [1.29, 1.82) is 5.26 Å². The molecule has 0 atom stereocenters. The zero-order valence-corrected chi connectivity index (χ0v) is 16.9. The lowest BCUT2D eigenvalue weighted by molar-refractivity contribution is 0.0714. The Balaban J connectivity index is 2.01. The Labute approximate surface area is 164 Å². The summed E-state index contributed by atoms with van der Waals surface area (Å²) in [5.74, 6) is 0.253. The molecule has 1 saturated heterocycles. The van der Waals surface area contributed by atoms with Crippen LogP contribution in [0.4, 0.5) is 5.82 Å². The Morgan fingerprint density at radius 2 is 2.11 bits per heavy atom. The van der Waals surface area contributed by atoms with Gasteiger partial charge in [-0.15, -0.1) is 0 Å². The molecule has 2 N–H and O–H groups in total. The van der Waals surface area contributed by atoms with Crippen molar-refractivity contribution >= 4 is 21.9 Å². The van der Waals surface area contributed by atoms with Crippen molar-refractivity contribution in [2.75, 3.05) is 18.8 Å². The van der Waals surface area contributed by atoms with Gasteiger partial charge in [0.1, 0.15) is 11.9 Å². The van der Waals surface area contributed by atoms with Crippen LogP contribution in [0.15, 0.2) is 19.1 Å². The number of sulfonamides is 1. The zero-order valence-electron chi connectivity index (χ0n) is 16.1. The maximum Gasteiger partial charge on any atom is 0.216 e. The van der Waals surface area contributed by atoms with E-state index >= 15 is 0 Å². The van der Waals surface area contributed by atoms with Crippen LogP contribution in [-0.2, 0) is 15.6 Å². The monoisotopic (exact) mass is 401 g/mol. The van der Waals surface area contributed by atoms with Crippen LogP contribution in [-0.4, -0.2) is 50.8 Å². The molecule has 1 fully saturated rings. The molecule has 0 aromatic carbocycles. The average Bonchev–Trinajstić information content (AvgIpc) is 2.98. The molecule has 10 heteroatoms. The summed E-state index contributed by atoms with van der Waals surface area (Å²) >= 11 is 0. The van der Waals surface area contributed by atoms with E-state index in [1.165, 1.54) is 10.6 Å². The number of aryl methyl sites for hydroxylation is 1. The zero-order chi connectivity index (χ0) is 20.7. The van der Waals surface area contributed by atoms with Crippen LogP contribution < -0.4 is 5.73 Å². The van der Waals surface area contributed by atoms with Gasteiger partial charge in [0.05, 0.1) is 29.0 Å². The number of hydrogen-bond acceptors (Lipinski definition) is 7. The SMILES string of the molecule is C=Cc1c(C)ncnc1-c1cn(C2(CC#N)CN(S(=O)(=O)C(C)C)C2)nc1N. The third kappa shape index (κ3) is 3.06. The number of nitriles is 1. The van der Waals surface area contributed by atoms with Crippen molar-refractivity contribution in [1.82, 2.24) is 24.1 Å². The summed E-state index contributed by atoms with van der Waals surface area (Å²) in [4.78, 5) is 8.48. The molecule has 0 radical (unpaired) electrons. The smallest absolute Gasteiger partial charge is 0.216 e. The van der Waals surface area contributed by atoms with Gasteiger partial charge >= 0.3 is 0 Å². The van der Waals surface area contributed by atoms with E-state index in [1.807, 2.05) is 6.92 Å². The molecule has 2 aromatic rings. The number of hydrogen-bond donors (Lipinski definition) is 1. The minimum atomic E-state index is -3.39. The minimum Gasteiger partial charge on any atom is -0.382 e. The summed E-state index contributed by atoms with van der Waals surface area (Å²) in [5.41, 5.74) is 8.11. The van der Waals surface area contributed by atoms with Crippen molar-refractivity contribution in [2.24, 2.45) is 0 Å². The highest BCUT2D eigenvalue weighted by Gasteiger charge is 2.51. The van der Waals surface area contributed by atoms with Crippen molar-refractivity contribution in [3.05, 3.63) is 30.4 Å². The van der Waals surface area contributed by atoms with Gasteiger partial charge < -0.3 is 5.73 Å². The van der Waals surface area contributed by atoms with Gasteiger partial charge in [-0.1, -0.05) is 12.7 Å². The van der Waals surface area contributed by atoms with Crippen molar-refractivity contribution in [2.45, 2.75) is 38.0 Å². The van der Waals surface area contributed by atoms with Crippen LogP contribution in [0.5, 0.6) is 0 Å². The van der Waals surface area contributed by atoms with E-state index in [0.717, 1.165) is 11.3 Å². The summed E-state index contributed by atoms with van der Waals surface area (Å²) in [6, 6.07) is 2.15. The largest absolute Gasteiger partial charge is 0.382 e. The lowest BCUT2D eigenvalue weighted by Crippen LogP contribution is -2.65. The van der Waals surface area contributed by atoms with Gasteiger partial charge in [-0.2, -0.15) is 14.7 Å². The van der Waals surface area contributed by atoms with E-state index in [4.69, 9.17) is 5.73 Å². The number of rotatable bonds is 6. The maximum absolute atomic E-state index is 12.4. The molecular formula is C18H23N7O2S. The van der Waals surface area contributed by atoms with Gasteiger partial charge in [0.2, 0.25) is 10.0 Å². The summed E-state index contributed by atoms with van der Waals surface area (Å²) in [5, 5.41) is 13.2. The molecule has 3 heterocycles. The molecule has 0 spiro atoms. The second-order valence-corrected chi connectivity index (χ2v) is 9.71. The number of nitrogens with two attached hydrogens (primary N) is 1. The molecule has 1 aliphatic rings. The van der Waals surface area contributed by atoms with Gasteiger partial charge in [0, 0.05) is 30.5 Å². The van der Waals surface area contributed by atoms with Crippen LogP contribution in [0.25, 0.3) is 17.3 Å². The van der Waals surface area contributed by atoms with Gasteiger partial charge in [0.15, 0.2) is 5.82 Å². The lowest BCUT2D eigenvalue weighted by atomic mass is 9.89. The second-order valence-electron chi connectivity index (χ2n) is 7.22. The normalized spacial score (nSPS) is 16.5. The highest BCUT2D eigenvalue weighted by atomic mass is 32.2. The summed E-state index contributed by atoms with van der Waals surface area (Å²) in [6.07, 6.45) is 4.95. The third-order valence-corrected chi connectivity index (χ3v) is 7.25. The average molecular weight is 401 g/mol. The van der Waals surface area contributed by atoms with Gasteiger partial charge in [-0.05, 0) is 20.8 Å².